The average molecular weight is 248 g/mol. The summed E-state index contributed by atoms with van der Waals surface area (Å²) in [6.45, 7) is 2.43. The molecule has 1 aromatic rings. The van der Waals surface area contributed by atoms with Crippen LogP contribution in [0.3, 0.4) is 0 Å². The van der Waals surface area contributed by atoms with Gasteiger partial charge in [0, 0.05) is 11.0 Å². The van der Waals surface area contributed by atoms with E-state index >= 15 is 0 Å². The first kappa shape index (κ1) is 10.6. The Labute approximate surface area is 85.2 Å². The lowest BCUT2D eigenvalue weighted by atomic mass is 10.1. The van der Waals surface area contributed by atoms with Gasteiger partial charge in [-0.1, -0.05) is 15.9 Å². The lowest BCUT2D eigenvalue weighted by Gasteiger charge is -2.08. The Balaban J connectivity index is 2.92. The Morgan fingerprint density at radius 1 is 1.54 bits per heavy atom. The molecule has 0 spiro atoms. The van der Waals surface area contributed by atoms with Crippen molar-refractivity contribution in [3.8, 4) is 0 Å². The van der Waals surface area contributed by atoms with Gasteiger partial charge in [-0.2, -0.15) is 5.48 Å². The summed E-state index contributed by atoms with van der Waals surface area (Å²) in [5, 5.41) is 0. The van der Waals surface area contributed by atoms with E-state index in [9.17, 15) is 4.39 Å². The summed E-state index contributed by atoms with van der Waals surface area (Å²) < 4.78 is 13.7. The Morgan fingerprint density at radius 3 is 2.85 bits per heavy atom. The van der Waals surface area contributed by atoms with Gasteiger partial charge in [0.25, 0.3) is 0 Å². The molecule has 0 fully saturated rings. The number of benzene rings is 1. The third-order valence-corrected chi connectivity index (χ3v) is 2.65. The van der Waals surface area contributed by atoms with Gasteiger partial charge in [0.2, 0.25) is 0 Å². The van der Waals surface area contributed by atoms with Crippen molar-refractivity contribution < 1.29 is 9.23 Å². The monoisotopic (exact) mass is 247 g/mol. The van der Waals surface area contributed by atoms with Crippen molar-refractivity contribution >= 4 is 15.9 Å². The third kappa shape index (κ3) is 2.76. The highest BCUT2D eigenvalue weighted by Gasteiger charge is 2.04. The van der Waals surface area contributed by atoms with Gasteiger partial charge in [0.1, 0.15) is 5.82 Å². The predicted molar refractivity (Wildman–Crippen MR) is 52.7 cm³/mol. The molecule has 0 saturated heterocycles. The number of hydrogen-bond donors (Lipinski definition) is 1. The molecule has 0 heterocycles. The Kier molecular flexibility index (Phi) is 3.84. The molecule has 13 heavy (non-hydrogen) atoms. The van der Waals surface area contributed by atoms with Crippen LogP contribution in [0, 0.1) is 12.7 Å². The molecule has 4 heteroatoms. The summed E-state index contributed by atoms with van der Waals surface area (Å²) in [7, 11) is 1.53. The first-order chi connectivity index (χ1) is 6.15. The van der Waals surface area contributed by atoms with Gasteiger partial charge in [-0.3, -0.25) is 0 Å². The van der Waals surface area contributed by atoms with E-state index < -0.39 is 0 Å². The molecular weight excluding hydrogens is 237 g/mol. The smallest absolute Gasteiger partial charge is 0.124 e. The molecule has 0 bridgehead atoms. The molecule has 0 aromatic heterocycles. The highest BCUT2D eigenvalue weighted by atomic mass is 79.9. The van der Waals surface area contributed by atoms with E-state index in [1.807, 2.05) is 6.92 Å². The van der Waals surface area contributed by atoms with Crippen molar-refractivity contribution in [2.45, 2.75) is 13.5 Å². The molecule has 1 aromatic carbocycles. The highest BCUT2D eigenvalue weighted by Crippen LogP contribution is 2.21. The molecule has 0 aliphatic carbocycles. The van der Waals surface area contributed by atoms with E-state index in [0.29, 0.717) is 6.54 Å². The Bertz CT molecular complexity index is 304. The highest BCUT2D eigenvalue weighted by molar-refractivity contribution is 9.10. The first-order valence-corrected chi connectivity index (χ1v) is 4.65. The maximum Gasteiger partial charge on any atom is 0.124 e. The lowest BCUT2D eigenvalue weighted by Crippen LogP contribution is -2.12. The van der Waals surface area contributed by atoms with Crippen LogP contribution in [0.5, 0.6) is 0 Å². The topological polar surface area (TPSA) is 21.3 Å². The van der Waals surface area contributed by atoms with E-state index in [2.05, 4.69) is 21.4 Å². The fourth-order valence-electron chi connectivity index (χ4n) is 1.03. The Morgan fingerprint density at radius 2 is 2.23 bits per heavy atom. The first-order valence-electron chi connectivity index (χ1n) is 3.85. The minimum absolute atomic E-state index is 0.245. The zero-order chi connectivity index (χ0) is 9.84. The molecule has 72 valence electrons. The largest absolute Gasteiger partial charge is 0.305 e. The molecule has 1 N–H and O–H groups in total. The molecule has 0 unspecified atom stereocenters. The molecule has 2 nitrogen and oxygen atoms in total. The second-order valence-electron chi connectivity index (χ2n) is 2.70. The number of hydrogen-bond acceptors (Lipinski definition) is 2. The fraction of sp³-hybridized carbons (Fsp3) is 0.333. The van der Waals surface area contributed by atoms with Gasteiger partial charge >= 0.3 is 0 Å². The van der Waals surface area contributed by atoms with Crippen LogP contribution in [0.4, 0.5) is 4.39 Å². The number of hydroxylamine groups is 1. The van der Waals surface area contributed by atoms with Crippen molar-refractivity contribution in [3.63, 3.8) is 0 Å². The average Bonchev–Trinajstić information content (AvgIpc) is 2.09. The van der Waals surface area contributed by atoms with Gasteiger partial charge in [-0.05, 0) is 30.2 Å². The molecule has 0 aliphatic heterocycles. The molecular formula is C9H11BrFNO. The zero-order valence-corrected chi connectivity index (χ0v) is 9.11. The van der Waals surface area contributed by atoms with Crippen LogP contribution < -0.4 is 5.48 Å². The van der Waals surface area contributed by atoms with Crippen molar-refractivity contribution in [2.24, 2.45) is 0 Å². The van der Waals surface area contributed by atoms with Crippen LogP contribution in [0.1, 0.15) is 11.1 Å². The van der Waals surface area contributed by atoms with E-state index in [4.69, 9.17) is 4.84 Å². The maximum atomic E-state index is 12.9. The van der Waals surface area contributed by atoms with Crippen molar-refractivity contribution in [1.82, 2.24) is 5.48 Å². The fourth-order valence-corrected chi connectivity index (χ4v) is 1.51. The van der Waals surface area contributed by atoms with E-state index in [1.54, 1.807) is 0 Å². The molecule has 0 atom stereocenters. The standard InChI is InChI=1S/C9H11BrFNO/c1-6-7(5-12-13-2)3-8(11)4-9(6)10/h3-4,12H,5H2,1-2H3. The van der Waals surface area contributed by atoms with Crippen molar-refractivity contribution in [3.05, 3.63) is 33.5 Å². The Hall–Kier alpha value is -0.450. The van der Waals surface area contributed by atoms with Crippen LogP contribution in [-0.2, 0) is 11.4 Å². The minimum atomic E-state index is -0.245. The van der Waals surface area contributed by atoms with Gasteiger partial charge in [0.05, 0.1) is 7.11 Å². The van der Waals surface area contributed by atoms with E-state index in [1.165, 1.54) is 19.2 Å². The summed E-state index contributed by atoms with van der Waals surface area (Å²) >= 11 is 3.28. The van der Waals surface area contributed by atoms with Crippen LogP contribution in [0.25, 0.3) is 0 Å². The second kappa shape index (κ2) is 4.69. The van der Waals surface area contributed by atoms with Crippen LogP contribution >= 0.6 is 15.9 Å². The lowest BCUT2D eigenvalue weighted by molar-refractivity contribution is 0.0865. The van der Waals surface area contributed by atoms with Gasteiger partial charge < -0.3 is 4.84 Å². The van der Waals surface area contributed by atoms with Crippen molar-refractivity contribution in [1.29, 1.82) is 0 Å². The number of halogens is 2. The van der Waals surface area contributed by atoms with Crippen LogP contribution in [-0.4, -0.2) is 7.11 Å². The summed E-state index contributed by atoms with van der Waals surface area (Å²) in [6, 6.07) is 2.94. The van der Waals surface area contributed by atoms with Gasteiger partial charge in [-0.25, -0.2) is 4.39 Å². The van der Waals surface area contributed by atoms with Gasteiger partial charge in [-0.15, -0.1) is 0 Å². The molecule has 0 aliphatic rings. The quantitative estimate of drug-likeness (QED) is 0.830. The minimum Gasteiger partial charge on any atom is -0.305 e. The summed E-state index contributed by atoms with van der Waals surface area (Å²) in [5.41, 5.74) is 4.57. The maximum absolute atomic E-state index is 12.9. The van der Waals surface area contributed by atoms with Crippen LogP contribution in [0.15, 0.2) is 16.6 Å². The normalized spacial score (nSPS) is 10.5. The molecule has 0 amide bonds. The third-order valence-electron chi connectivity index (χ3n) is 1.82. The summed E-state index contributed by atoms with van der Waals surface area (Å²) in [4.78, 5) is 4.69. The molecule has 0 radical (unpaired) electrons. The second-order valence-corrected chi connectivity index (χ2v) is 3.55. The zero-order valence-electron chi connectivity index (χ0n) is 7.53. The van der Waals surface area contributed by atoms with E-state index in [0.717, 1.165) is 15.6 Å². The van der Waals surface area contributed by atoms with Crippen molar-refractivity contribution in [2.75, 3.05) is 7.11 Å². The van der Waals surface area contributed by atoms with E-state index in [-0.39, 0.29) is 5.82 Å². The number of nitrogens with one attached hydrogen (secondary N) is 1. The number of rotatable bonds is 3. The SMILES string of the molecule is CONCc1cc(F)cc(Br)c1C. The predicted octanol–water partition coefficient (Wildman–Crippen LogP) is 2.55. The van der Waals surface area contributed by atoms with Crippen LogP contribution in [0.2, 0.25) is 0 Å². The summed E-state index contributed by atoms with van der Waals surface area (Å²) in [5.74, 6) is -0.245. The molecule has 1 rings (SSSR count). The molecule has 0 saturated carbocycles. The summed E-state index contributed by atoms with van der Waals surface area (Å²) in [6.07, 6.45) is 0. The van der Waals surface area contributed by atoms with Gasteiger partial charge in [0.15, 0.2) is 0 Å².